The lowest BCUT2D eigenvalue weighted by Crippen LogP contribution is -2.47. The molecular formula is C8H18BrNO4S2. The first-order valence-electron chi connectivity index (χ1n) is 4.63. The molecule has 0 fully saturated rings. The maximum Gasteiger partial charge on any atom is 0.215 e. The van der Waals surface area contributed by atoms with Crippen molar-refractivity contribution in [1.29, 1.82) is 0 Å². The van der Waals surface area contributed by atoms with Crippen molar-refractivity contribution in [3.05, 3.63) is 0 Å². The fourth-order valence-electron chi connectivity index (χ4n) is 0.854. The molecule has 0 saturated heterocycles. The molecule has 0 atom stereocenters. The first-order valence-corrected chi connectivity index (χ1v) is 9.42. The normalized spacial score (nSPS) is 14.4. The van der Waals surface area contributed by atoms with Crippen molar-refractivity contribution in [1.82, 2.24) is 4.31 Å². The van der Waals surface area contributed by atoms with Crippen LogP contribution >= 0.6 is 15.9 Å². The Kier molecular flexibility index (Phi) is 5.44. The number of rotatable bonds is 6. The lowest BCUT2D eigenvalue weighted by atomic mass is 10.1. The monoisotopic (exact) mass is 335 g/mol. The highest BCUT2D eigenvalue weighted by Gasteiger charge is 2.32. The third-order valence-corrected chi connectivity index (χ3v) is 6.93. The van der Waals surface area contributed by atoms with E-state index < -0.39 is 25.4 Å². The summed E-state index contributed by atoms with van der Waals surface area (Å²) in [5.74, 6) is -0.725. The van der Waals surface area contributed by atoms with Gasteiger partial charge in [0.05, 0.1) is 11.5 Å². The molecule has 0 heterocycles. The van der Waals surface area contributed by atoms with Crippen LogP contribution in [-0.4, -0.2) is 56.8 Å². The zero-order chi connectivity index (χ0) is 13.2. The average molecular weight is 336 g/mol. The van der Waals surface area contributed by atoms with Crippen LogP contribution in [0.4, 0.5) is 0 Å². The molecule has 16 heavy (non-hydrogen) atoms. The molecule has 0 aromatic carbocycles. The molecule has 0 saturated carbocycles. The second kappa shape index (κ2) is 5.32. The van der Waals surface area contributed by atoms with Gasteiger partial charge in [-0.2, -0.15) is 4.31 Å². The van der Waals surface area contributed by atoms with Gasteiger partial charge in [-0.1, -0.05) is 15.9 Å². The molecule has 98 valence electrons. The van der Waals surface area contributed by atoms with Gasteiger partial charge in [0, 0.05) is 24.2 Å². The maximum atomic E-state index is 11.8. The van der Waals surface area contributed by atoms with Gasteiger partial charge in [-0.15, -0.1) is 0 Å². The molecular weight excluding hydrogens is 318 g/mol. The average Bonchev–Trinajstić information content (AvgIpc) is 2.13. The molecule has 5 nitrogen and oxygen atoms in total. The minimum Gasteiger partial charge on any atom is -0.229 e. The quantitative estimate of drug-likeness (QED) is 0.661. The van der Waals surface area contributed by atoms with E-state index in [1.54, 1.807) is 13.8 Å². The zero-order valence-corrected chi connectivity index (χ0v) is 13.1. The van der Waals surface area contributed by atoms with Gasteiger partial charge in [-0.3, -0.25) is 0 Å². The summed E-state index contributed by atoms with van der Waals surface area (Å²) in [6.07, 6.45) is 1.03. The fraction of sp³-hybridized carbons (Fsp3) is 1.00. The van der Waals surface area contributed by atoms with Crippen molar-refractivity contribution < 1.29 is 16.8 Å². The molecule has 0 aliphatic carbocycles. The molecule has 0 spiro atoms. The van der Waals surface area contributed by atoms with E-state index in [1.165, 1.54) is 11.4 Å². The highest BCUT2D eigenvalue weighted by Crippen LogP contribution is 2.19. The van der Waals surface area contributed by atoms with E-state index in [-0.39, 0.29) is 11.5 Å². The van der Waals surface area contributed by atoms with Crippen molar-refractivity contribution in [2.24, 2.45) is 0 Å². The van der Waals surface area contributed by atoms with Gasteiger partial charge in [0.2, 0.25) is 10.0 Å². The lowest BCUT2D eigenvalue weighted by Gasteiger charge is -2.32. The smallest absolute Gasteiger partial charge is 0.215 e. The van der Waals surface area contributed by atoms with Crippen molar-refractivity contribution >= 4 is 35.8 Å². The summed E-state index contributed by atoms with van der Waals surface area (Å²) in [5.41, 5.74) is -0.573. The van der Waals surface area contributed by atoms with Gasteiger partial charge < -0.3 is 0 Å². The Bertz CT molecular complexity index is 427. The van der Waals surface area contributed by atoms with Crippen LogP contribution in [0.3, 0.4) is 0 Å². The topological polar surface area (TPSA) is 71.5 Å². The zero-order valence-electron chi connectivity index (χ0n) is 9.90. The highest BCUT2D eigenvalue weighted by molar-refractivity contribution is 9.09. The number of nitrogens with zero attached hydrogens (tertiary/aromatic N) is 1. The van der Waals surface area contributed by atoms with Crippen LogP contribution in [0.15, 0.2) is 0 Å². The molecule has 0 amide bonds. The summed E-state index contributed by atoms with van der Waals surface area (Å²) < 4.78 is 46.7. The molecule has 0 aliphatic rings. The first-order chi connectivity index (χ1) is 6.92. The largest absolute Gasteiger partial charge is 0.229 e. The Morgan fingerprint density at radius 3 is 1.88 bits per heavy atom. The van der Waals surface area contributed by atoms with Crippen LogP contribution < -0.4 is 0 Å². The molecule has 0 aliphatic heterocycles. The molecule has 8 heteroatoms. The van der Waals surface area contributed by atoms with Crippen molar-refractivity contribution in [2.45, 2.75) is 19.4 Å². The van der Waals surface area contributed by atoms with Gasteiger partial charge >= 0.3 is 0 Å². The standard InChI is InChI=1S/C8H18BrNO4S2/c1-8(2,7-9)10(3)16(13,14)6-5-15(4,11)12/h5-7H2,1-4H3. The first kappa shape index (κ1) is 16.3. The van der Waals surface area contributed by atoms with Crippen LogP contribution in [0, 0.1) is 0 Å². The van der Waals surface area contributed by atoms with Crippen molar-refractivity contribution in [3.8, 4) is 0 Å². The van der Waals surface area contributed by atoms with Crippen molar-refractivity contribution in [2.75, 3.05) is 30.1 Å². The number of sulfonamides is 1. The number of hydrogen-bond donors (Lipinski definition) is 0. The van der Waals surface area contributed by atoms with E-state index in [1.807, 2.05) is 0 Å². The second-order valence-corrected chi connectivity index (χ2v) is 9.30. The van der Waals surface area contributed by atoms with E-state index in [9.17, 15) is 16.8 Å². The van der Waals surface area contributed by atoms with Gasteiger partial charge in [0.15, 0.2) is 0 Å². The highest BCUT2D eigenvalue weighted by atomic mass is 79.9. The molecule has 0 rings (SSSR count). The predicted octanol–water partition coefficient (Wildman–Crippen LogP) is 0.466. The third-order valence-electron chi connectivity index (χ3n) is 2.31. The number of hydrogen-bond acceptors (Lipinski definition) is 4. The van der Waals surface area contributed by atoms with Gasteiger partial charge in [-0.25, -0.2) is 16.8 Å². The molecule has 0 bridgehead atoms. The number of sulfone groups is 1. The van der Waals surface area contributed by atoms with Crippen LogP contribution in [0.2, 0.25) is 0 Å². The minimum absolute atomic E-state index is 0.349. The Hall–Kier alpha value is 0.340. The molecule has 0 aromatic rings. The maximum absolute atomic E-state index is 11.8. The summed E-state index contributed by atoms with van der Waals surface area (Å²) >= 11 is 3.23. The fourth-order valence-corrected chi connectivity index (χ4v) is 4.54. The summed E-state index contributed by atoms with van der Waals surface area (Å²) in [5, 5.41) is 0.481. The van der Waals surface area contributed by atoms with Gasteiger partial charge in [0.1, 0.15) is 9.84 Å². The Morgan fingerprint density at radius 1 is 1.12 bits per heavy atom. The van der Waals surface area contributed by atoms with Crippen LogP contribution in [-0.2, 0) is 19.9 Å². The Morgan fingerprint density at radius 2 is 1.56 bits per heavy atom. The van der Waals surface area contributed by atoms with E-state index in [4.69, 9.17) is 0 Å². The van der Waals surface area contributed by atoms with E-state index in [0.29, 0.717) is 5.33 Å². The van der Waals surface area contributed by atoms with Crippen LogP contribution in [0.1, 0.15) is 13.8 Å². The van der Waals surface area contributed by atoms with Gasteiger partial charge in [-0.05, 0) is 13.8 Å². The number of halogens is 1. The molecule has 0 radical (unpaired) electrons. The minimum atomic E-state index is -3.54. The summed E-state index contributed by atoms with van der Waals surface area (Å²) in [6.45, 7) is 3.53. The summed E-state index contributed by atoms with van der Waals surface area (Å²) in [6, 6.07) is 0. The van der Waals surface area contributed by atoms with Gasteiger partial charge in [0.25, 0.3) is 0 Å². The predicted molar refractivity (Wildman–Crippen MR) is 69.1 cm³/mol. The van der Waals surface area contributed by atoms with E-state index >= 15 is 0 Å². The number of alkyl halides is 1. The van der Waals surface area contributed by atoms with E-state index in [0.717, 1.165) is 6.26 Å². The van der Waals surface area contributed by atoms with E-state index in [2.05, 4.69) is 15.9 Å². The second-order valence-electron chi connectivity index (χ2n) is 4.36. The summed E-state index contributed by atoms with van der Waals surface area (Å²) in [4.78, 5) is 0. The summed E-state index contributed by atoms with van der Waals surface area (Å²) in [7, 11) is -5.34. The Labute approximate surface area is 106 Å². The van der Waals surface area contributed by atoms with Crippen molar-refractivity contribution in [3.63, 3.8) is 0 Å². The Balaban J connectivity index is 4.82. The molecule has 0 N–H and O–H groups in total. The lowest BCUT2D eigenvalue weighted by molar-refractivity contribution is 0.300. The third kappa shape index (κ3) is 5.11. The van der Waals surface area contributed by atoms with Crippen LogP contribution in [0.25, 0.3) is 0 Å². The SMILES string of the molecule is CN(C(C)(C)CBr)S(=O)(=O)CCS(C)(=O)=O. The molecule has 0 unspecified atom stereocenters. The molecule has 0 aromatic heterocycles. The van der Waals surface area contributed by atoms with Crippen LogP contribution in [0.5, 0.6) is 0 Å².